The highest BCUT2D eigenvalue weighted by atomic mass is 16.6. The molecule has 0 aliphatic heterocycles. The number of ketones is 4. The molecule has 0 rings (SSSR count). The molecule has 2 atom stereocenters. The maximum atomic E-state index is 11.8. The molecule has 2 unspecified atom stereocenters. The average Bonchev–Trinajstić information content (AvgIpc) is 2.69. The van der Waals surface area contributed by atoms with E-state index < -0.39 is 97.1 Å². The van der Waals surface area contributed by atoms with Crippen LogP contribution in [-0.4, -0.2) is 91.9 Å². The Hall–Kier alpha value is -3.20. The zero-order valence-corrected chi connectivity index (χ0v) is 17.1. The minimum absolute atomic E-state index is 0.752. The van der Waals surface area contributed by atoms with Crippen molar-refractivity contribution in [3.8, 4) is 0 Å². The summed E-state index contributed by atoms with van der Waals surface area (Å²) in [6.07, 6.45) is -3.80. The van der Waals surface area contributed by atoms with Crippen LogP contribution in [0.1, 0.15) is 39.5 Å². The van der Waals surface area contributed by atoms with Gasteiger partial charge in [-0.15, -0.1) is 0 Å². The van der Waals surface area contributed by atoms with E-state index in [1.165, 1.54) is 0 Å². The predicted molar refractivity (Wildman–Crippen MR) is 96.1 cm³/mol. The molecule has 0 bridgehead atoms. The molecule has 0 aliphatic carbocycles. The third-order valence-corrected chi connectivity index (χ3v) is 3.82. The lowest BCUT2D eigenvalue weighted by Crippen LogP contribution is -2.52. The van der Waals surface area contributed by atoms with Crippen molar-refractivity contribution in [2.75, 3.05) is 13.2 Å². The highest BCUT2D eigenvalue weighted by Crippen LogP contribution is 2.14. The van der Waals surface area contributed by atoms with E-state index in [-0.39, 0.29) is 0 Å². The number of rotatable bonds is 13. The summed E-state index contributed by atoms with van der Waals surface area (Å²) in [6.45, 7) is -1.08. The molecule has 0 aromatic rings. The molecule has 32 heavy (non-hydrogen) atoms. The van der Waals surface area contributed by atoms with Crippen LogP contribution in [0.4, 0.5) is 0 Å². The van der Waals surface area contributed by atoms with Gasteiger partial charge < -0.3 is 29.9 Å². The molecule has 0 radical (unpaired) electrons. The van der Waals surface area contributed by atoms with Crippen LogP contribution < -0.4 is 0 Å². The SMILES string of the molecule is CC(=O)CC(=O)C(O)(CO)C(=O)OC(=O)CCC(=O)OC(=O)C(O)(CO)C(=O)CC(C)=O. The van der Waals surface area contributed by atoms with Crippen LogP contribution >= 0.6 is 0 Å². The van der Waals surface area contributed by atoms with Crippen LogP contribution in [0.25, 0.3) is 0 Å². The van der Waals surface area contributed by atoms with Gasteiger partial charge in [0.2, 0.25) is 11.2 Å². The largest absolute Gasteiger partial charge is 0.392 e. The second kappa shape index (κ2) is 12.0. The topological polar surface area (TPSA) is 236 Å². The maximum Gasteiger partial charge on any atom is 0.356 e. The molecular formula is C18H22O14. The van der Waals surface area contributed by atoms with Crippen LogP contribution in [0.15, 0.2) is 0 Å². The van der Waals surface area contributed by atoms with Gasteiger partial charge in [-0.25, -0.2) is 9.59 Å². The molecule has 0 aromatic carbocycles. The first kappa shape index (κ1) is 28.8. The van der Waals surface area contributed by atoms with Crippen LogP contribution in [0.2, 0.25) is 0 Å². The minimum atomic E-state index is -3.20. The van der Waals surface area contributed by atoms with Crippen molar-refractivity contribution in [2.45, 2.75) is 50.7 Å². The Kier molecular flexibility index (Phi) is 10.8. The van der Waals surface area contributed by atoms with E-state index in [9.17, 15) is 48.6 Å². The molecule has 0 fully saturated rings. The van der Waals surface area contributed by atoms with E-state index in [4.69, 9.17) is 10.2 Å². The van der Waals surface area contributed by atoms with Gasteiger partial charge in [-0.05, 0) is 13.8 Å². The minimum Gasteiger partial charge on any atom is -0.392 e. The quantitative estimate of drug-likeness (QED) is 0.153. The number of hydrogen-bond donors (Lipinski definition) is 4. The highest BCUT2D eigenvalue weighted by molar-refractivity contribution is 6.15. The van der Waals surface area contributed by atoms with Crippen molar-refractivity contribution in [2.24, 2.45) is 0 Å². The summed E-state index contributed by atoms with van der Waals surface area (Å²) in [5.41, 5.74) is -6.40. The van der Waals surface area contributed by atoms with E-state index in [2.05, 4.69) is 9.47 Å². The maximum absolute atomic E-state index is 11.8. The zero-order valence-electron chi connectivity index (χ0n) is 17.1. The molecule has 0 aromatic heterocycles. The molecular weight excluding hydrogens is 440 g/mol. The summed E-state index contributed by atoms with van der Waals surface area (Å²) < 4.78 is 8.28. The number of carbonyl (C=O) groups is 8. The zero-order chi connectivity index (χ0) is 25.3. The Labute approximate surface area is 180 Å². The number of hydrogen-bond acceptors (Lipinski definition) is 14. The van der Waals surface area contributed by atoms with Crippen molar-refractivity contribution in [3.63, 3.8) is 0 Å². The van der Waals surface area contributed by atoms with Gasteiger partial charge in [0.25, 0.3) is 0 Å². The molecule has 0 saturated carbocycles. The molecule has 178 valence electrons. The van der Waals surface area contributed by atoms with Gasteiger partial charge in [-0.3, -0.25) is 28.8 Å². The Morgan fingerprint density at radius 1 is 0.625 bits per heavy atom. The van der Waals surface area contributed by atoms with E-state index in [0.29, 0.717) is 0 Å². The third kappa shape index (κ3) is 7.81. The number of carbonyl (C=O) groups excluding carboxylic acids is 8. The second-order valence-corrected chi connectivity index (χ2v) is 6.66. The van der Waals surface area contributed by atoms with Crippen LogP contribution in [0.3, 0.4) is 0 Å². The van der Waals surface area contributed by atoms with Gasteiger partial charge >= 0.3 is 23.9 Å². The molecule has 4 N–H and O–H groups in total. The molecule has 0 spiro atoms. The van der Waals surface area contributed by atoms with Crippen molar-refractivity contribution in [1.29, 1.82) is 0 Å². The molecule has 14 heteroatoms. The Balaban J connectivity index is 4.94. The van der Waals surface area contributed by atoms with E-state index in [1.807, 2.05) is 0 Å². The lowest BCUT2D eigenvalue weighted by atomic mass is 9.96. The van der Waals surface area contributed by atoms with Crippen LogP contribution in [0, 0.1) is 0 Å². The number of esters is 4. The third-order valence-electron chi connectivity index (χ3n) is 3.82. The fraction of sp³-hybridized carbons (Fsp3) is 0.556. The van der Waals surface area contributed by atoms with Gasteiger partial charge in [-0.2, -0.15) is 0 Å². The summed E-state index contributed by atoms with van der Waals surface area (Å²) in [7, 11) is 0. The molecule has 0 aliphatic rings. The standard InChI is InChI=1S/C18H22O14/c1-9(21)5-11(23)17(29,7-19)15(27)31-13(25)3-4-14(26)32-16(28)18(30,8-20)12(24)6-10(2)22/h19-20,29-30H,3-8H2,1-2H3. The smallest absolute Gasteiger partial charge is 0.356 e. The fourth-order valence-corrected chi connectivity index (χ4v) is 1.96. The van der Waals surface area contributed by atoms with Crippen LogP contribution in [-0.2, 0) is 47.8 Å². The van der Waals surface area contributed by atoms with Crippen molar-refractivity contribution < 1.29 is 68.3 Å². The number of aliphatic hydroxyl groups is 4. The first-order valence-corrected chi connectivity index (χ1v) is 8.86. The predicted octanol–water partition coefficient (Wildman–Crippen LogP) is -3.55. The van der Waals surface area contributed by atoms with Crippen molar-refractivity contribution in [1.82, 2.24) is 0 Å². The first-order valence-electron chi connectivity index (χ1n) is 8.86. The lowest BCUT2D eigenvalue weighted by Gasteiger charge is -2.21. The van der Waals surface area contributed by atoms with Gasteiger partial charge in [0.15, 0.2) is 11.6 Å². The fourth-order valence-electron chi connectivity index (χ4n) is 1.96. The van der Waals surface area contributed by atoms with Crippen molar-refractivity contribution in [3.05, 3.63) is 0 Å². The van der Waals surface area contributed by atoms with E-state index in [1.54, 1.807) is 0 Å². The Morgan fingerprint density at radius 2 is 0.906 bits per heavy atom. The van der Waals surface area contributed by atoms with Gasteiger partial charge in [0, 0.05) is 0 Å². The molecule has 0 amide bonds. The molecule has 0 saturated heterocycles. The summed E-state index contributed by atoms with van der Waals surface area (Å²) in [6, 6.07) is 0. The second-order valence-electron chi connectivity index (χ2n) is 6.66. The Morgan fingerprint density at radius 3 is 1.12 bits per heavy atom. The lowest BCUT2D eigenvalue weighted by molar-refractivity contribution is -0.184. The van der Waals surface area contributed by atoms with Gasteiger partial charge in [0.1, 0.15) is 11.6 Å². The van der Waals surface area contributed by atoms with Gasteiger partial charge in [-0.1, -0.05) is 0 Å². The number of aliphatic hydroxyl groups excluding tert-OH is 2. The molecule has 14 nitrogen and oxygen atoms in total. The highest BCUT2D eigenvalue weighted by Gasteiger charge is 2.47. The van der Waals surface area contributed by atoms with Gasteiger partial charge in [0.05, 0.1) is 38.9 Å². The summed E-state index contributed by atoms with van der Waals surface area (Å²) in [5, 5.41) is 37.9. The first-order chi connectivity index (χ1) is 14.6. The van der Waals surface area contributed by atoms with E-state index >= 15 is 0 Å². The Bertz CT molecular complexity index is 760. The monoisotopic (exact) mass is 462 g/mol. The summed E-state index contributed by atoms with van der Waals surface area (Å²) >= 11 is 0. The summed E-state index contributed by atoms with van der Waals surface area (Å²) in [5.74, 6) is -11.2. The summed E-state index contributed by atoms with van der Waals surface area (Å²) in [4.78, 5) is 92.2. The average molecular weight is 462 g/mol. The number of Topliss-reactive ketones (excluding diaryl/α,β-unsaturated/α-hetero) is 4. The van der Waals surface area contributed by atoms with E-state index in [0.717, 1.165) is 13.8 Å². The number of ether oxygens (including phenoxy) is 2. The van der Waals surface area contributed by atoms with Crippen molar-refractivity contribution >= 4 is 47.0 Å². The molecule has 0 heterocycles. The van der Waals surface area contributed by atoms with Crippen LogP contribution in [0.5, 0.6) is 0 Å². The normalized spacial score (nSPS) is 14.3.